The number of nitro benzene ring substituents is 1. The van der Waals surface area contributed by atoms with Gasteiger partial charge in [0.25, 0.3) is 5.69 Å². The molecule has 3 aromatic carbocycles. The number of aromatic amines is 2. The average Bonchev–Trinajstić information content (AvgIpc) is 3.33. The van der Waals surface area contributed by atoms with Gasteiger partial charge in [-0.3, -0.25) is 10.1 Å². The normalized spacial score (nSPS) is 11.6. The Kier molecular flexibility index (Phi) is 4.72. The van der Waals surface area contributed by atoms with Crippen LogP contribution in [0.4, 0.5) is 5.69 Å². The van der Waals surface area contributed by atoms with Crippen molar-refractivity contribution in [1.29, 1.82) is 0 Å². The lowest BCUT2D eigenvalue weighted by Crippen LogP contribution is -2.02. The van der Waals surface area contributed by atoms with Gasteiger partial charge in [0.2, 0.25) is 0 Å². The SMILES string of the molecule is O=[N+]([O-])c1ccc(C(c2c[nH]c3cc(Br)ccc23)c2c[nH]c3cc(Br)ccc23)cc1. The molecule has 0 aliphatic heterocycles. The second-order valence-corrected chi connectivity index (χ2v) is 8.98. The van der Waals surface area contributed by atoms with Gasteiger partial charge >= 0.3 is 0 Å². The fourth-order valence-electron chi connectivity index (χ4n) is 4.03. The van der Waals surface area contributed by atoms with E-state index in [0.717, 1.165) is 47.4 Å². The molecule has 5 nitrogen and oxygen atoms in total. The predicted octanol–water partition coefficient (Wildman–Crippen LogP) is 7.26. The summed E-state index contributed by atoms with van der Waals surface area (Å²) in [6.45, 7) is 0. The molecule has 0 unspecified atom stereocenters. The molecule has 2 N–H and O–H groups in total. The number of hydrogen-bond donors (Lipinski definition) is 2. The second-order valence-electron chi connectivity index (χ2n) is 7.15. The number of benzene rings is 3. The van der Waals surface area contributed by atoms with Gasteiger partial charge < -0.3 is 9.97 Å². The molecule has 5 rings (SSSR count). The molecular formula is C23H15Br2N3O2. The maximum atomic E-state index is 11.1. The molecule has 2 heterocycles. The molecule has 0 saturated carbocycles. The highest BCUT2D eigenvalue weighted by molar-refractivity contribution is 9.10. The standard InChI is InChI=1S/C23H15Br2N3O2/c24-14-3-7-17-19(11-26-21(17)9-14)23(13-1-5-16(6-2-13)28(29)30)20-12-27-22-10-15(25)4-8-18(20)22/h1-12,23,26-27H. The van der Waals surface area contributed by atoms with Crippen LogP contribution in [0, 0.1) is 10.1 Å². The molecule has 0 radical (unpaired) electrons. The Hall–Kier alpha value is -2.90. The summed E-state index contributed by atoms with van der Waals surface area (Å²) in [4.78, 5) is 17.5. The van der Waals surface area contributed by atoms with Crippen LogP contribution in [0.5, 0.6) is 0 Å². The zero-order valence-electron chi connectivity index (χ0n) is 15.5. The van der Waals surface area contributed by atoms with Crippen LogP contribution in [0.3, 0.4) is 0 Å². The highest BCUT2D eigenvalue weighted by atomic mass is 79.9. The van der Waals surface area contributed by atoms with Crippen molar-refractivity contribution >= 4 is 59.4 Å². The molecule has 0 spiro atoms. The van der Waals surface area contributed by atoms with Crippen molar-refractivity contribution in [2.75, 3.05) is 0 Å². The number of nitrogens with one attached hydrogen (secondary N) is 2. The largest absolute Gasteiger partial charge is 0.361 e. The molecular weight excluding hydrogens is 510 g/mol. The van der Waals surface area contributed by atoms with E-state index >= 15 is 0 Å². The van der Waals surface area contributed by atoms with Gasteiger partial charge in [-0.1, -0.05) is 56.1 Å². The van der Waals surface area contributed by atoms with Gasteiger partial charge in [0.15, 0.2) is 0 Å². The summed E-state index contributed by atoms with van der Waals surface area (Å²) in [5.74, 6) is -0.0874. The maximum Gasteiger partial charge on any atom is 0.269 e. The monoisotopic (exact) mass is 523 g/mol. The molecule has 0 saturated heterocycles. The molecule has 148 valence electrons. The number of halogens is 2. The van der Waals surface area contributed by atoms with Gasteiger partial charge in [-0.2, -0.15) is 0 Å². The Morgan fingerprint density at radius 3 is 1.73 bits per heavy atom. The molecule has 7 heteroatoms. The van der Waals surface area contributed by atoms with E-state index in [1.807, 2.05) is 36.7 Å². The van der Waals surface area contributed by atoms with Crippen molar-refractivity contribution in [2.45, 2.75) is 5.92 Å². The first-order valence-electron chi connectivity index (χ1n) is 9.28. The first-order valence-corrected chi connectivity index (χ1v) is 10.9. The number of H-pyrrole nitrogens is 2. The quantitative estimate of drug-likeness (QED) is 0.192. The van der Waals surface area contributed by atoms with E-state index in [9.17, 15) is 10.1 Å². The van der Waals surface area contributed by atoms with E-state index in [1.54, 1.807) is 12.1 Å². The number of nitrogens with zero attached hydrogens (tertiary/aromatic N) is 1. The van der Waals surface area contributed by atoms with E-state index in [0.29, 0.717) is 0 Å². The average molecular weight is 525 g/mol. The van der Waals surface area contributed by atoms with Crippen molar-refractivity contribution in [2.24, 2.45) is 0 Å². The van der Waals surface area contributed by atoms with Gasteiger partial charge in [0.05, 0.1) is 4.92 Å². The Morgan fingerprint density at radius 2 is 1.27 bits per heavy atom. The number of aromatic nitrogens is 2. The summed E-state index contributed by atoms with van der Waals surface area (Å²) in [6.07, 6.45) is 4.06. The Balaban J connectivity index is 1.75. The topological polar surface area (TPSA) is 74.7 Å². The maximum absolute atomic E-state index is 11.1. The number of non-ortho nitro benzene ring substituents is 1. The van der Waals surface area contributed by atoms with Crippen molar-refractivity contribution in [1.82, 2.24) is 9.97 Å². The summed E-state index contributed by atoms with van der Waals surface area (Å²) in [6, 6.07) is 19.2. The van der Waals surface area contributed by atoms with Crippen molar-refractivity contribution in [3.05, 3.63) is 109 Å². The number of rotatable bonds is 4. The van der Waals surface area contributed by atoms with Crippen LogP contribution in [0.2, 0.25) is 0 Å². The van der Waals surface area contributed by atoms with E-state index in [4.69, 9.17) is 0 Å². The van der Waals surface area contributed by atoms with Gasteiger partial charge in [0, 0.05) is 61.2 Å². The van der Waals surface area contributed by atoms with Crippen LogP contribution in [-0.4, -0.2) is 14.9 Å². The summed E-state index contributed by atoms with van der Waals surface area (Å²) in [5.41, 5.74) is 5.39. The number of nitro groups is 1. The third-order valence-corrected chi connectivity index (χ3v) is 6.40. The number of fused-ring (bicyclic) bond motifs is 2. The molecule has 0 atom stereocenters. The van der Waals surface area contributed by atoms with Crippen molar-refractivity contribution < 1.29 is 4.92 Å². The Bertz CT molecular complexity index is 1320. The number of hydrogen-bond acceptors (Lipinski definition) is 2. The third-order valence-electron chi connectivity index (χ3n) is 5.41. The first-order chi connectivity index (χ1) is 14.5. The van der Waals surface area contributed by atoms with Gasteiger partial charge in [0.1, 0.15) is 0 Å². The molecule has 0 amide bonds. The fourth-order valence-corrected chi connectivity index (χ4v) is 4.76. The summed E-state index contributed by atoms with van der Waals surface area (Å²) in [5, 5.41) is 13.4. The molecule has 2 aromatic heterocycles. The van der Waals surface area contributed by atoms with Gasteiger partial charge in [-0.05, 0) is 41.0 Å². The highest BCUT2D eigenvalue weighted by Crippen LogP contribution is 2.40. The predicted molar refractivity (Wildman–Crippen MR) is 126 cm³/mol. The lowest BCUT2D eigenvalue weighted by atomic mass is 9.84. The van der Waals surface area contributed by atoms with Crippen LogP contribution in [0.15, 0.2) is 82.0 Å². The van der Waals surface area contributed by atoms with Crippen LogP contribution in [0.1, 0.15) is 22.6 Å². The lowest BCUT2D eigenvalue weighted by Gasteiger charge is -2.17. The smallest absolute Gasteiger partial charge is 0.269 e. The third kappa shape index (κ3) is 3.24. The van der Waals surface area contributed by atoms with Gasteiger partial charge in [-0.25, -0.2) is 0 Å². The summed E-state index contributed by atoms with van der Waals surface area (Å²) >= 11 is 7.06. The Labute approximate surface area is 188 Å². The molecule has 5 aromatic rings. The molecule has 0 aliphatic carbocycles. The minimum absolute atomic E-state index is 0.0863. The van der Waals surface area contributed by atoms with Crippen molar-refractivity contribution in [3.8, 4) is 0 Å². The fraction of sp³-hybridized carbons (Fsp3) is 0.0435. The summed E-state index contributed by atoms with van der Waals surface area (Å²) < 4.78 is 2.01. The minimum Gasteiger partial charge on any atom is -0.361 e. The van der Waals surface area contributed by atoms with Crippen LogP contribution >= 0.6 is 31.9 Å². The lowest BCUT2D eigenvalue weighted by molar-refractivity contribution is -0.384. The summed E-state index contributed by atoms with van der Waals surface area (Å²) in [7, 11) is 0. The van der Waals surface area contributed by atoms with E-state index in [-0.39, 0.29) is 16.5 Å². The van der Waals surface area contributed by atoms with Crippen LogP contribution < -0.4 is 0 Å². The first kappa shape index (κ1) is 19.1. The minimum atomic E-state index is -0.370. The Morgan fingerprint density at radius 1 is 0.767 bits per heavy atom. The van der Waals surface area contributed by atoms with Crippen molar-refractivity contribution in [3.63, 3.8) is 0 Å². The van der Waals surface area contributed by atoms with E-state index in [2.05, 4.69) is 66.1 Å². The second kappa shape index (κ2) is 7.41. The van der Waals surface area contributed by atoms with Crippen LogP contribution in [0.25, 0.3) is 21.8 Å². The zero-order chi connectivity index (χ0) is 20.8. The molecule has 0 aliphatic rings. The molecule has 0 bridgehead atoms. The van der Waals surface area contributed by atoms with E-state index < -0.39 is 0 Å². The zero-order valence-corrected chi connectivity index (χ0v) is 18.7. The molecule has 0 fully saturated rings. The molecule has 30 heavy (non-hydrogen) atoms. The van der Waals surface area contributed by atoms with Crippen LogP contribution in [-0.2, 0) is 0 Å². The van der Waals surface area contributed by atoms with E-state index in [1.165, 1.54) is 0 Å². The van der Waals surface area contributed by atoms with Gasteiger partial charge in [-0.15, -0.1) is 0 Å². The highest BCUT2D eigenvalue weighted by Gasteiger charge is 2.24.